The third kappa shape index (κ3) is 6.66. The van der Waals surface area contributed by atoms with Crippen LogP contribution in [0.1, 0.15) is 47.0 Å². The van der Waals surface area contributed by atoms with Crippen molar-refractivity contribution in [1.29, 1.82) is 0 Å². The lowest BCUT2D eigenvalue weighted by Crippen LogP contribution is -2.23. The molecule has 0 saturated heterocycles. The molecule has 0 spiro atoms. The fraction of sp³-hybridized carbons (Fsp3) is 1.00. The Morgan fingerprint density at radius 2 is 1.83 bits per heavy atom. The van der Waals surface area contributed by atoms with Crippen LogP contribution in [0.4, 0.5) is 0 Å². The van der Waals surface area contributed by atoms with Crippen LogP contribution in [0, 0.1) is 11.8 Å². The van der Waals surface area contributed by atoms with Crippen molar-refractivity contribution in [2.45, 2.75) is 47.0 Å². The molecule has 0 aliphatic heterocycles. The van der Waals surface area contributed by atoms with Gasteiger partial charge in [0, 0.05) is 0 Å². The van der Waals surface area contributed by atoms with Gasteiger partial charge < -0.3 is 5.32 Å². The van der Waals surface area contributed by atoms with Crippen LogP contribution in [-0.2, 0) is 0 Å². The van der Waals surface area contributed by atoms with Crippen LogP contribution in [0.5, 0.6) is 0 Å². The molecule has 1 unspecified atom stereocenters. The molecule has 0 aromatic heterocycles. The summed E-state index contributed by atoms with van der Waals surface area (Å²) in [5.41, 5.74) is 0. The van der Waals surface area contributed by atoms with E-state index in [4.69, 9.17) is 0 Å². The first kappa shape index (κ1) is 12.0. The molecule has 0 fully saturated rings. The van der Waals surface area contributed by atoms with Crippen LogP contribution in [-0.4, -0.2) is 13.1 Å². The predicted octanol–water partition coefficient (Wildman–Crippen LogP) is 3.06. The molecule has 0 aliphatic rings. The van der Waals surface area contributed by atoms with Crippen molar-refractivity contribution in [1.82, 2.24) is 5.32 Å². The molecule has 0 amide bonds. The summed E-state index contributed by atoms with van der Waals surface area (Å²) in [4.78, 5) is 0. The summed E-state index contributed by atoms with van der Waals surface area (Å²) in [6.07, 6.45) is 4.08. The molecule has 74 valence electrons. The highest BCUT2D eigenvalue weighted by molar-refractivity contribution is 4.63. The molecule has 0 heterocycles. The van der Waals surface area contributed by atoms with Gasteiger partial charge in [0.05, 0.1) is 0 Å². The predicted molar refractivity (Wildman–Crippen MR) is 56.4 cm³/mol. The summed E-state index contributed by atoms with van der Waals surface area (Å²) in [6.45, 7) is 11.4. The highest BCUT2D eigenvalue weighted by Gasteiger charge is 2.08. The van der Waals surface area contributed by atoms with Gasteiger partial charge in [-0.25, -0.2) is 0 Å². The first-order valence-electron chi connectivity index (χ1n) is 5.41. The second-order valence-corrected chi connectivity index (χ2v) is 4.09. The summed E-state index contributed by atoms with van der Waals surface area (Å²) in [6, 6.07) is 0. The lowest BCUT2D eigenvalue weighted by atomic mass is 9.93. The normalized spacial score (nSPS) is 13.8. The second-order valence-electron chi connectivity index (χ2n) is 4.09. The van der Waals surface area contributed by atoms with Crippen molar-refractivity contribution in [3.8, 4) is 0 Å². The average molecular weight is 171 g/mol. The SMILES string of the molecule is CCCC(CNCC)CC(C)C. The quantitative estimate of drug-likeness (QED) is 0.621. The van der Waals surface area contributed by atoms with Gasteiger partial charge in [0.1, 0.15) is 0 Å². The zero-order chi connectivity index (χ0) is 9.40. The van der Waals surface area contributed by atoms with E-state index in [0.29, 0.717) is 0 Å². The maximum Gasteiger partial charge on any atom is -0.00205 e. The van der Waals surface area contributed by atoms with E-state index >= 15 is 0 Å². The van der Waals surface area contributed by atoms with E-state index < -0.39 is 0 Å². The molecule has 1 N–H and O–H groups in total. The standard InChI is InChI=1S/C11H25N/c1-5-7-11(8-10(3)4)9-12-6-2/h10-12H,5-9H2,1-4H3. The number of hydrogen-bond acceptors (Lipinski definition) is 1. The molecule has 1 atom stereocenters. The number of hydrogen-bond donors (Lipinski definition) is 1. The van der Waals surface area contributed by atoms with Gasteiger partial charge in [-0.1, -0.05) is 34.1 Å². The van der Waals surface area contributed by atoms with Gasteiger partial charge in [0.2, 0.25) is 0 Å². The van der Waals surface area contributed by atoms with Crippen molar-refractivity contribution in [2.75, 3.05) is 13.1 Å². The first-order valence-corrected chi connectivity index (χ1v) is 5.41. The molecule has 0 aliphatic carbocycles. The van der Waals surface area contributed by atoms with Crippen molar-refractivity contribution in [3.63, 3.8) is 0 Å². The lowest BCUT2D eigenvalue weighted by molar-refractivity contribution is 0.366. The number of rotatable bonds is 7. The molecular formula is C11H25N. The third-order valence-corrected chi connectivity index (χ3v) is 2.18. The Bertz CT molecular complexity index is 89.0. The van der Waals surface area contributed by atoms with E-state index in [0.717, 1.165) is 18.4 Å². The molecule has 1 heteroatoms. The van der Waals surface area contributed by atoms with Gasteiger partial charge in [0.25, 0.3) is 0 Å². The molecule has 0 aromatic rings. The summed E-state index contributed by atoms with van der Waals surface area (Å²) < 4.78 is 0. The van der Waals surface area contributed by atoms with Crippen molar-refractivity contribution >= 4 is 0 Å². The highest BCUT2D eigenvalue weighted by Crippen LogP contribution is 2.15. The fourth-order valence-corrected chi connectivity index (χ4v) is 1.73. The molecule has 0 rings (SSSR count). The van der Waals surface area contributed by atoms with Gasteiger partial charge in [-0.2, -0.15) is 0 Å². The third-order valence-electron chi connectivity index (χ3n) is 2.18. The molecule has 0 saturated carbocycles. The second kappa shape index (κ2) is 7.60. The molecule has 1 nitrogen and oxygen atoms in total. The largest absolute Gasteiger partial charge is 0.317 e. The topological polar surface area (TPSA) is 12.0 Å². The smallest absolute Gasteiger partial charge is 0.00205 e. The van der Waals surface area contributed by atoms with Crippen LogP contribution in [0.3, 0.4) is 0 Å². The van der Waals surface area contributed by atoms with Crippen LogP contribution >= 0.6 is 0 Å². The monoisotopic (exact) mass is 171 g/mol. The Morgan fingerprint density at radius 3 is 2.25 bits per heavy atom. The van der Waals surface area contributed by atoms with Crippen LogP contribution in [0.15, 0.2) is 0 Å². The summed E-state index contributed by atoms with van der Waals surface area (Å²) in [5, 5.41) is 3.44. The van der Waals surface area contributed by atoms with Gasteiger partial charge in [-0.15, -0.1) is 0 Å². The highest BCUT2D eigenvalue weighted by atomic mass is 14.8. The lowest BCUT2D eigenvalue weighted by Gasteiger charge is -2.18. The Kier molecular flexibility index (Phi) is 7.58. The Morgan fingerprint density at radius 1 is 1.17 bits per heavy atom. The van der Waals surface area contributed by atoms with E-state index in [-0.39, 0.29) is 0 Å². The van der Waals surface area contributed by atoms with Crippen LogP contribution in [0.2, 0.25) is 0 Å². The Labute approximate surface area is 77.9 Å². The average Bonchev–Trinajstić information content (AvgIpc) is 2.00. The van der Waals surface area contributed by atoms with E-state index in [1.807, 2.05) is 0 Å². The minimum Gasteiger partial charge on any atom is -0.317 e. The van der Waals surface area contributed by atoms with Gasteiger partial charge in [-0.05, 0) is 37.8 Å². The van der Waals surface area contributed by atoms with Gasteiger partial charge in [-0.3, -0.25) is 0 Å². The summed E-state index contributed by atoms with van der Waals surface area (Å²) >= 11 is 0. The van der Waals surface area contributed by atoms with Crippen LogP contribution in [0.25, 0.3) is 0 Å². The molecule has 12 heavy (non-hydrogen) atoms. The molecule has 0 aromatic carbocycles. The van der Waals surface area contributed by atoms with Crippen LogP contribution < -0.4 is 5.32 Å². The van der Waals surface area contributed by atoms with Gasteiger partial charge >= 0.3 is 0 Å². The minimum atomic E-state index is 0.847. The van der Waals surface area contributed by atoms with E-state index in [9.17, 15) is 0 Å². The maximum absolute atomic E-state index is 3.44. The Hall–Kier alpha value is -0.0400. The van der Waals surface area contributed by atoms with Crippen molar-refractivity contribution < 1.29 is 0 Å². The zero-order valence-electron chi connectivity index (χ0n) is 9.19. The number of nitrogens with one attached hydrogen (secondary N) is 1. The van der Waals surface area contributed by atoms with E-state index in [1.165, 1.54) is 25.8 Å². The van der Waals surface area contributed by atoms with Crippen molar-refractivity contribution in [3.05, 3.63) is 0 Å². The van der Waals surface area contributed by atoms with Crippen molar-refractivity contribution in [2.24, 2.45) is 11.8 Å². The minimum absolute atomic E-state index is 0.847. The summed E-state index contributed by atoms with van der Waals surface area (Å²) in [7, 11) is 0. The molecule has 0 bridgehead atoms. The summed E-state index contributed by atoms with van der Waals surface area (Å²) in [5.74, 6) is 1.75. The molecule has 0 radical (unpaired) electrons. The van der Waals surface area contributed by atoms with E-state index in [2.05, 4.69) is 33.0 Å². The van der Waals surface area contributed by atoms with E-state index in [1.54, 1.807) is 0 Å². The molecular weight excluding hydrogens is 146 g/mol. The Balaban J connectivity index is 3.54. The first-order chi connectivity index (χ1) is 5.70. The fourth-order valence-electron chi connectivity index (χ4n) is 1.73. The maximum atomic E-state index is 3.44. The zero-order valence-corrected chi connectivity index (χ0v) is 9.19. The van der Waals surface area contributed by atoms with Gasteiger partial charge in [0.15, 0.2) is 0 Å².